The van der Waals surface area contributed by atoms with Crippen molar-refractivity contribution in [2.24, 2.45) is 0 Å². The molecule has 18 aromatic carbocycles. The van der Waals surface area contributed by atoms with Crippen molar-refractivity contribution in [3.05, 3.63) is 428 Å². The van der Waals surface area contributed by atoms with Crippen molar-refractivity contribution in [2.45, 2.75) is 24.7 Å². The van der Waals surface area contributed by atoms with Crippen molar-refractivity contribution >= 4 is 110 Å². The van der Waals surface area contributed by atoms with Gasteiger partial charge in [-0.3, -0.25) is 0 Å². The van der Waals surface area contributed by atoms with Gasteiger partial charge in [0.05, 0.1) is 16.4 Å². The van der Waals surface area contributed by atoms with Crippen LogP contribution in [-0.4, -0.2) is 4.57 Å². The zero-order valence-electron chi connectivity index (χ0n) is 60.8. The van der Waals surface area contributed by atoms with Gasteiger partial charge in [-0.1, -0.05) is 305 Å². The largest absolute Gasteiger partial charge is 0.455 e. The zero-order chi connectivity index (χ0) is 72.8. The molecule has 110 heavy (non-hydrogen) atoms. The Balaban J connectivity index is 0.671. The molecular formula is C106H71N3O. The van der Waals surface area contributed by atoms with E-state index < -0.39 is 5.41 Å². The third kappa shape index (κ3) is 9.52. The van der Waals surface area contributed by atoms with Gasteiger partial charge in [-0.05, 0) is 219 Å². The number of furan rings is 1. The van der Waals surface area contributed by atoms with E-state index in [0.29, 0.717) is 0 Å². The fraction of sp³-hybridized carbons (Fsp3) is 0.0377. The van der Waals surface area contributed by atoms with Gasteiger partial charge in [0.2, 0.25) is 0 Å². The summed E-state index contributed by atoms with van der Waals surface area (Å²) in [5.74, 6) is 0. The topological polar surface area (TPSA) is 24.6 Å². The Hall–Kier alpha value is -14.1. The van der Waals surface area contributed by atoms with Crippen LogP contribution in [0.2, 0.25) is 0 Å². The molecule has 516 valence electrons. The number of hydrogen-bond donors (Lipinski definition) is 0. The molecular weight excluding hydrogens is 1330 g/mol. The highest BCUT2D eigenvalue weighted by atomic mass is 16.3. The molecule has 0 saturated carbocycles. The number of fused-ring (bicyclic) bond motifs is 18. The molecule has 0 amide bonds. The number of rotatable bonds is 12. The second kappa shape index (κ2) is 24.8. The summed E-state index contributed by atoms with van der Waals surface area (Å²) in [6, 6.07) is 146. The zero-order valence-corrected chi connectivity index (χ0v) is 60.8. The number of hydrogen-bond acceptors (Lipinski definition) is 3. The van der Waals surface area contributed by atoms with Crippen LogP contribution in [0.4, 0.5) is 34.1 Å². The van der Waals surface area contributed by atoms with Crippen molar-refractivity contribution < 1.29 is 4.42 Å². The van der Waals surface area contributed by atoms with Gasteiger partial charge in [-0.25, -0.2) is 0 Å². The monoisotopic (exact) mass is 1400 g/mol. The second-order valence-corrected chi connectivity index (χ2v) is 30.1. The van der Waals surface area contributed by atoms with Gasteiger partial charge in [-0.2, -0.15) is 0 Å². The van der Waals surface area contributed by atoms with Crippen LogP contribution >= 0.6 is 0 Å². The van der Waals surface area contributed by atoms with Crippen LogP contribution in [0.15, 0.2) is 399 Å². The van der Waals surface area contributed by atoms with E-state index in [1.807, 2.05) is 6.07 Å². The molecule has 2 aliphatic rings. The number of benzene rings is 18. The molecule has 0 bridgehead atoms. The van der Waals surface area contributed by atoms with Crippen LogP contribution in [0.1, 0.15) is 47.2 Å². The molecule has 0 radical (unpaired) electrons. The molecule has 22 rings (SSSR count). The van der Waals surface area contributed by atoms with Crippen LogP contribution in [0.5, 0.6) is 0 Å². The summed E-state index contributed by atoms with van der Waals surface area (Å²) in [6.07, 6.45) is 0. The van der Waals surface area contributed by atoms with Crippen molar-refractivity contribution in [1.29, 1.82) is 0 Å². The first-order valence-corrected chi connectivity index (χ1v) is 38.2. The summed E-state index contributed by atoms with van der Waals surface area (Å²) in [7, 11) is 0. The minimum absolute atomic E-state index is 0.181. The maximum atomic E-state index is 6.57. The van der Waals surface area contributed by atoms with Gasteiger partial charge in [0.1, 0.15) is 11.2 Å². The Labute approximate surface area is 638 Å². The Bertz CT molecular complexity index is 7060. The van der Waals surface area contributed by atoms with Crippen LogP contribution in [-0.2, 0) is 10.8 Å². The van der Waals surface area contributed by atoms with E-state index in [0.717, 1.165) is 83.9 Å². The third-order valence-corrected chi connectivity index (χ3v) is 24.1. The molecule has 0 aliphatic heterocycles. The number of para-hydroxylation sites is 3. The Morgan fingerprint density at radius 1 is 0.255 bits per heavy atom. The molecule has 2 heterocycles. The maximum absolute atomic E-state index is 6.57. The van der Waals surface area contributed by atoms with Gasteiger partial charge in [0.15, 0.2) is 0 Å². The fourth-order valence-electron chi connectivity index (χ4n) is 19.1. The van der Waals surface area contributed by atoms with E-state index in [4.69, 9.17) is 4.42 Å². The van der Waals surface area contributed by atoms with Crippen LogP contribution in [0.3, 0.4) is 0 Å². The summed E-state index contributed by atoms with van der Waals surface area (Å²) in [5, 5.41) is 12.2. The molecule has 1 atom stereocenters. The first-order chi connectivity index (χ1) is 54.3. The molecule has 4 heteroatoms. The highest BCUT2D eigenvalue weighted by Gasteiger charge is 2.47. The molecule has 4 nitrogen and oxygen atoms in total. The lowest BCUT2D eigenvalue weighted by molar-refractivity contribution is 0.660. The van der Waals surface area contributed by atoms with E-state index in [2.05, 4.69) is 416 Å². The molecule has 0 spiro atoms. The minimum Gasteiger partial charge on any atom is -0.455 e. The molecule has 2 aromatic heterocycles. The van der Waals surface area contributed by atoms with Crippen molar-refractivity contribution in [1.82, 2.24) is 4.57 Å². The Morgan fingerprint density at radius 2 is 0.700 bits per heavy atom. The van der Waals surface area contributed by atoms with E-state index in [-0.39, 0.29) is 5.41 Å². The van der Waals surface area contributed by atoms with Crippen molar-refractivity contribution in [3.63, 3.8) is 0 Å². The third-order valence-electron chi connectivity index (χ3n) is 24.1. The average molecular weight is 1400 g/mol. The predicted molar refractivity (Wildman–Crippen MR) is 461 cm³/mol. The summed E-state index contributed by atoms with van der Waals surface area (Å²) in [5.41, 5.74) is 30.4. The molecule has 0 N–H and O–H groups in total. The van der Waals surface area contributed by atoms with Gasteiger partial charge >= 0.3 is 0 Å². The second-order valence-electron chi connectivity index (χ2n) is 30.1. The lowest BCUT2D eigenvalue weighted by atomic mass is 9.67. The number of aromatic nitrogens is 1. The quantitative estimate of drug-likeness (QED) is 0.114. The lowest BCUT2D eigenvalue weighted by Crippen LogP contribution is -2.28. The van der Waals surface area contributed by atoms with Crippen molar-refractivity contribution in [2.75, 3.05) is 9.80 Å². The van der Waals surface area contributed by atoms with Gasteiger partial charge in [0.25, 0.3) is 0 Å². The van der Waals surface area contributed by atoms with Crippen LogP contribution in [0.25, 0.3) is 137 Å². The lowest BCUT2D eigenvalue weighted by Gasteiger charge is -2.34. The standard InChI is InChI=1S/C106H71N3O/c1-105(2)95-40-17-13-32-86(95)87-65-63-79(67-98(87)105)108(78-62-64-85-83-30-10-9-28-81(83)82-29-11-12-31-84(82)94(85)66-78)76-58-60-77(61-59-76)109-99-43-19-15-35-93(99)103-90(38-23-44-100(103)109)89-37-22-42-97-102(89)92-34-14-18-41-96(92)106(97,71-26-7-4-8-27-71)72-50-56-75(57-51-72)107(73-52-46-69(47-53-73)68-24-5-3-6-25-68)74-54-48-70(49-55-74)80-36-21-39-91-88-33-16-20-45-101(88)110-104(80)91/h3-67H,1-2H3. The summed E-state index contributed by atoms with van der Waals surface area (Å²) < 4.78 is 9.05. The van der Waals surface area contributed by atoms with E-state index in [1.54, 1.807) is 0 Å². The van der Waals surface area contributed by atoms with Gasteiger partial charge in [0, 0.05) is 72.3 Å². The molecule has 20 aromatic rings. The Morgan fingerprint density at radius 3 is 1.42 bits per heavy atom. The van der Waals surface area contributed by atoms with Crippen LogP contribution < -0.4 is 9.80 Å². The highest BCUT2D eigenvalue weighted by Crippen LogP contribution is 2.60. The fourth-order valence-corrected chi connectivity index (χ4v) is 19.1. The van der Waals surface area contributed by atoms with E-state index >= 15 is 0 Å². The first-order valence-electron chi connectivity index (χ1n) is 38.2. The maximum Gasteiger partial charge on any atom is 0.143 e. The van der Waals surface area contributed by atoms with Gasteiger partial charge in [-0.15, -0.1) is 0 Å². The SMILES string of the molecule is CC1(C)c2ccccc2-c2ccc(N(c3ccc(-n4c5ccccc5c5c(-c6cccc7c6-c6ccccc6C7(c6ccccc6)c6ccc(N(c7ccc(-c8ccccc8)cc7)c7ccc(-c8cccc9c8oc8ccccc89)cc7)cc6)cccc54)cc3)c3ccc4c5ccccc5c5ccccc5c4c3)cc21. The normalized spacial score (nSPS) is 14.0. The number of nitrogens with zero attached hydrogens (tertiary/aromatic N) is 3. The smallest absolute Gasteiger partial charge is 0.143 e. The minimum atomic E-state index is -0.684. The summed E-state index contributed by atoms with van der Waals surface area (Å²) in [6.45, 7) is 4.75. The highest BCUT2D eigenvalue weighted by molar-refractivity contribution is 6.26. The molecule has 0 saturated heterocycles. The molecule has 0 fully saturated rings. The molecule has 2 aliphatic carbocycles. The Kier molecular flexibility index (Phi) is 14.2. The molecule has 1 unspecified atom stereocenters. The van der Waals surface area contributed by atoms with Gasteiger partial charge < -0.3 is 18.8 Å². The van der Waals surface area contributed by atoms with Crippen LogP contribution in [0, 0.1) is 0 Å². The van der Waals surface area contributed by atoms with E-state index in [9.17, 15) is 0 Å². The number of anilines is 6. The predicted octanol–water partition coefficient (Wildman–Crippen LogP) is 28.8. The van der Waals surface area contributed by atoms with E-state index in [1.165, 1.54) is 121 Å². The van der Waals surface area contributed by atoms with Crippen molar-refractivity contribution in [3.8, 4) is 61.3 Å². The first kappa shape index (κ1) is 63.2. The summed E-state index contributed by atoms with van der Waals surface area (Å²) >= 11 is 0. The summed E-state index contributed by atoms with van der Waals surface area (Å²) in [4.78, 5) is 4.86. The average Bonchev–Trinajstić information content (AvgIpc) is 1.52.